The number of amides is 1. The molecular formula is C21H28N2O4. The predicted octanol–water partition coefficient (Wildman–Crippen LogP) is 2.24. The normalized spacial score (nSPS) is 22.8. The first-order chi connectivity index (χ1) is 13.0. The lowest BCUT2D eigenvalue weighted by molar-refractivity contribution is -0.120. The van der Waals surface area contributed by atoms with Crippen molar-refractivity contribution in [1.82, 2.24) is 9.80 Å². The molecule has 2 aliphatic rings. The number of carbonyl (C=O) groups excluding carboxylic acids is 3. The van der Waals surface area contributed by atoms with Gasteiger partial charge in [0.25, 0.3) is 5.91 Å². The lowest BCUT2D eigenvalue weighted by Gasteiger charge is -2.17. The summed E-state index contributed by atoms with van der Waals surface area (Å²) in [5, 5.41) is 0. The molecule has 6 heteroatoms. The summed E-state index contributed by atoms with van der Waals surface area (Å²) in [6.07, 6.45) is 3.23. The maximum absolute atomic E-state index is 12.7. The van der Waals surface area contributed by atoms with Crippen molar-refractivity contribution in [3.63, 3.8) is 0 Å². The van der Waals surface area contributed by atoms with E-state index in [4.69, 9.17) is 0 Å². The maximum Gasteiger partial charge on any atom is 0.337 e. The largest absolute Gasteiger partial charge is 0.465 e. The van der Waals surface area contributed by atoms with Crippen LogP contribution in [0.4, 0.5) is 0 Å². The topological polar surface area (TPSA) is 66.9 Å². The van der Waals surface area contributed by atoms with Crippen LogP contribution in [0.15, 0.2) is 24.3 Å². The summed E-state index contributed by atoms with van der Waals surface area (Å²) < 4.78 is 4.67. The van der Waals surface area contributed by atoms with E-state index in [1.54, 1.807) is 24.3 Å². The fourth-order valence-corrected chi connectivity index (χ4v) is 4.15. The third-order valence-electron chi connectivity index (χ3n) is 5.65. The van der Waals surface area contributed by atoms with E-state index in [9.17, 15) is 14.4 Å². The van der Waals surface area contributed by atoms with Gasteiger partial charge in [-0.05, 0) is 62.5 Å². The van der Waals surface area contributed by atoms with Crippen LogP contribution in [-0.4, -0.2) is 67.8 Å². The van der Waals surface area contributed by atoms with E-state index in [0.717, 1.165) is 25.9 Å². The van der Waals surface area contributed by atoms with Crippen LogP contribution < -0.4 is 0 Å². The summed E-state index contributed by atoms with van der Waals surface area (Å²) in [5.74, 6) is 0.628. The molecule has 0 bridgehead atoms. The molecule has 3 rings (SSSR count). The van der Waals surface area contributed by atoms with Crippen LogP contribution in [0.1, 0.15) is 46.4 Å². The van der Waals surface area contributed by atoms with Crippen LogP contribution in [-0.2, 0) is 9.53 Å². The quantitative estimate of drug-likeness (QED) is 0.717. The van der Waals surface area contributed by atoms with Gasteiger partial charge in [0.15, 0.2) is 0 Å². The number of likely N-dealkylation sites (tertiary alicyclic amines) is 2. The zero-order valence-electron chi connectivity index (χ0n) is 16.1. The van der Waals surface area contributed by atoms with E-state index < -0.39 is 5.97 Å². The monoisotopic (exact) mass is 372 g/mol. The smallest absolute Gasteiger partial charge is 0.337 e. The molecule has 0 aliphatic carbocycles. The average molecular weight is 372 g/mol. The van der Waals surface area contributed by atoms with Gasteiger partial charge in [0.05, 0.1) is 12.7 Å². The number of esters is 1. The molecule has 1 amide bonds. The van der Waals surface area contributed by atoms with Crippen molar-refractivity contribution < 1.29 is 19.1 Å². The van der Waals surface area contributed by atoms with E-state index in [0.29, 0.717) is 48.8 Å². The van der Waals surface area contributed by atoms with Gasteiger partial charge >= 0.3 is 5.97 Å². The zero-order valence-corrected chi connectivity index (χ0v) is 16.1. The fraction of sp³-hybridized carbons (Fsp3) is 0.571. The molecule has 2 saturated heterocycles. The highest BCUT2D eigenvalue weighted by Gasteiger charge is 2.30. The Morgan fingerprint density at radius 3 is 2.15 bits per heavy atom. The van der Waals surface area contributed by atoms with Crippen LogP contribution in [0, 0.1) is 11.8 Å². The van der Waals surface area contributed by atoms with E-state index in [1.165, 1.54) is 7.11 Å². The first-order valence-electron chi connectivity index (χ1n) is 9.64. The van der Waals surface area contributed by atoms with Gasteiger partial charge in [-0.15, -0.1) is 0 Å². The molecule has 0 N–H and O–H groups in total. The van der Waals surface area contributed by atoms with Gasteiger partial charge < -0.3 is 14.5 Å². The lowest BCUT2D eigenvalue weighted by Crippen LogP contribution is -2.29. The molecule has 146 valence electrons. The van der Waals surface area contributed by atoms with Crippen LogP contribution in [0.3, 0.4) is 0 Å². The highest BCUT2D eigenvalue weighted by atomic mass is 16.5. The second kappa shape index (κ2) is 8.65. The standard InChI is InChI=1S/C21H28N2O4/c1-22-9-7-15(13-22)11-19(24)12-16-8-10-23(14-16)20(25)17-3-5-18(6-4-17)21(26)27-2/h3-6,15-16H,7-14H2,1-2H3/t15-,16-/m0/s1. The molecule has 27 heavy (non-hydrogen) atoms. The predicted molar refractivity (Wildman–Crippen MR) is 102 cm³/mol. The van der Waals surface area contributed by atoms with E-state index in [-0.39, 0.29) is 11.8 Å². The van der Waals surface area contributed by atoms with E-state index >= 15 is 0 Å². The number of methoxy groups -OCH3 is 1. The Bertz CT molecular complexity index is 701. The summed E-state index contributed by atoms with van der Waals surface area (Å²) >= 11 is 0. The molecule has 0 saturated carbocycles. The summed E-state index contributed by atoms with van der Waals surface area (Å²) in [4.78, 5) is 40.6. The number of nitrogens with zero attached hydrogens (tertiary/aromatic N) is 2. The molecule has 0 radical (unpaired) electrons. The minimum Gasteiger partial charge on any atom is -0.465 e. The SMILES string of the molecule is COC(=O)c1ccc(C(=O)N2CC[C@@H](CC(=O)C[C@@H]3CCN(C)C3)C2)cc1. The molecule has 0 aromatic heterocycles. The van der Waals surface area contributed by atoms with Crippen LogP contribution in [0.2, 0.25) is 0 Å². The Balaban J connectivity index is 1.49. The first-order valence-corrected chi connectivity index (χ1v) is 9.64. The van der Waals surface area contributed by atoms with Gasteiger partial charge in [-0.3, -0.25) is 9.59 Å². The Hall–Kier alpha value is -2.21. The van der Waals surface area contributed by atoms with Gasteiger partial charge in [-0.1, -0.05) is 0 Å². The van der Waals surface area contributed by atoms with Gasteiger partial charge in [0.2, 0.25) is 0 Å². The third-order valence-corrected chi connectivity index (χ3v) is 5.65. The van der Waals surface area contributed by atoms with Crippen molar-refractivity contribution in [1.29, 1.82) is 0 Å². The Labute approximate surface area is 160 Å². The molecule has 0 spiro atoms. The summed E-state index contributed by atoms with van der Waals surface area (Å²) in [7, 11) is 3.43. The molecule has 1 aromatic carbocycles. The molecule has 0 unspecified atom stereocenters. The van der Waals surface area contributed by atoms with E-state index in [2.05, 4.69) is 16.7 Å². The second-order valence-corrected chi connectivity index (χ2v) is 7.84. The number of hydrogen-bond donors (Lipinski definition) is 0. The number of Topliss-reactive ketones (excluding diaryl/α,β-unsaturated/α-hetero) is 1. The fourth-order valence-electron chi connectivity index (χ4n) is 4.15. The van der Waals surface area contributed by atoms with Crippen LogP contribution in [0.25, 0.3) is 0 Å². The highest BCUT2D eigenvalue weighted by molar-refractivity contribution is 5.96. The molecule has 1 aromatic rings. The first kappa shape index (κ1) is 19.5. The van der Waals surface area contributed by atoms with E-state index in [1.807, 2.05) is 4.90 Å². The molecule has 2 atom stereocenters. The van der Waals surface area contributed by atoms with Crippen LogP contribution in [0.5, 0.6) is 0 Å². The highest BCUT2D eigenvalue weighted by Crippen LogP contribution is 2.25. The number of rotatable bonds is 6. The minimum absolute atomic E-state index is 0.0428. The van der Waals surface area contributed by atoms with Gasteiger partial charge in [0, 0.05) is 38.0 Å². The Morgan fingerprint density at radius 1 is 0.963 bits per heavy atom. The van der Waals surface area contributed by atoms with Crippen molar-refractivity contribution in [2.24, 2.45) is 11.8 Å². The molecule has 2 fully saturated rings. The van der Waals surface area contributed by atoms with Crippen molar-refractivity contribution in [2.75, 3.05) is 40.3 Å². The number of benzene rings is 1. The van der Waals surface area contributed by atoms with Crippen molar-refractivity contribution >= 4 is 17.7 Å². The second-order valence-electron chi connectivity index (χ2n) is 7.84. The number of ketones is 1. The maximum atomic E-state index is 12.7. The van der Waals surface area contributed by atoms with Crippen molar-refractivity contribution in [3.8, 4) is 0 Å². The molecule has 2 heterocycles. The molecule has 6 nitrogen and oxygen atoms in total. The molecule has 2 aliphatic heterocycles. The van der Waals surface area contributed by atoms with Crippen LogP contribution >= 0.6 is 0 Å². The Morgan fingerprint density at radius 2 is 1.56 bits per heavy atom. The lowest BCUT2D eigenvalue weighted by atomic mass is 9.94. The van der Waals surface area contributed by atoms with Gasteiger partial charge in [-0.2, -0.15) is 0 Å². The summed E-state index contributed by atoms with van der Waals surface area (Å²) in [6, 6.07) is 6.52. The third kappa shape index (κ3) is 4.95. The minimum atomic E-state index is -0.415. The van der Waals surface area contributed by atoms with Crippen molar-refractivity contribution in [2.45, 2.75) is 25.7 Å². The molecular weight excluding hydrogens is 344 g/mol. The average Bonchev–Trinajstić information content (AvgIpc) is 3.29. The zero-order chi connectivity index (χ0) is 19.4. The van der Waals surface area contributed by atoms with Crippen molar-refractivity contribution in [3.05, 3.63) is 35.4 Å². The Kier molecular flexibility index (Phi) is 6.26. The van der Waals surface area contributed by atoms with Gasteiger partial charge in [-0.25, -0.2) is 4.79 Å². The number of carbonyl (C=O) groups is 3. The van der Waals surface area contributed by atoms with Gasteiger partial charge in [0.1, 0.15) is 5.78 Å². The summed E-state index contributed by atoms with van der Waals surface area (Å²) in [5.41, 5.74) is 0.986. The number of ether oxygens (including phenoxy) is 1. The summed E-state index contributed by atoms with van der Waals surface area (Å²) in [6.45, 7) is 3.41. The number of hydrogen-bond acceptors (Lipinski definition) is 5.